The fraction of sp³-hybridized carbons (Fsp3) is 0.167. The van der Waals surface area contributed by atoms with Crippen LogP contribution in [0.15, 0.2) is 43.5 Å². The monoisotopic (exact) mass is 423 g/mol. The summed E-state index contributed by atoms with van der Waals surface area (Å²) in [5, 5.41) is 0. The maximum absolute atomic E-state index is 12.1. The van der Waals surface area contributed by atoms with Crippen LogP contribution in [0.4, 0.5) is 0 Å². The number of hydrogen-bond acceptors (Lipinski definition) is 3. The normalized spacial score (nSPS) is 11.7. The molecule has 7 heteroatoms. The number of thiophene rings is 1. The van der Waals surface area contributed by atoms with E-state index >= 15 is 0 Å². The SMILES string of the molecule is Cc1cc(S(=O)(=O)NCc2ccc(Br)s2)ccc1Br. The Hall–Kier alpha value is -0.210. The summed E-state index contributed by atoms with van der Waals surface area (Å²) in [4.78, 5) is 1.24. The summed E-state index contributed by atoms with van der Waals surface area (Å²) < 4.78 is 28.8. The molecule has 3 nitrogen and oxygen atoms in total. The number of aryl methyl sites for hydroxylation is 1. The van der Waals surface area contributed by atoms with Crippen molar-refractivity contribution in [2.45, 2.75) is 18.4 Å². The van der Waals surface area contributed by atoms with Crippen molar-refractivity contribution in [3.8, 4) is 0 Å². The molecule has 0 aliphatic rings. The Bertz CT molecular complexity index is 696. The fourth-order valence-electron chi connectivity index (χ4n) is 1.48. The molecule has 1 aromatic carbocycles. The second-order valence-electron chi connectivity index (χ2n) is 3.94. The van der Waals surface area contributed by atoms with E-state index in [1.807, 2.05) is 19.1 Å². The first kappa shape index (κ1) is 15.2. The van der Waals surface area contributed by atoms with Crippen LogP contribution in [-0.2, 0) is 16.6 Å². The lowest BCUT2D eigenvalue weighted by Gasteiger charge is -2.07. The first-order valence-electron chi connectivity index (χ1n) is 5.38. The third-order valence-electron chi connectivity index (χ3n) is 2.50. The summed E-state index contributed by atoms with van der Waals surface area (Å²) in [6, 6.07) is 8.77. The molecule has 0 saturated heterocycles. The highest BCUT2D eigenvalue weighted by Crippen LogP contribution is 2.23. The van der Waals surface area contributed by atoms with Gasteiger partial charge in [0.05, 0.1) is 8.68 Å². The minimum absolute atomic E-state index is 0.281. The Morgan fingerprint density at radius 3 is 2.53 bits per heavy atom. The number of hydrogen-bond donors (Lipinski definition) is 1. The molecule has 2 rings (SSSR count). The van der Waals surface area contributed by atoms with Crippen molar-refractivity contribution >= 4 is 53.2 Å². The number of nitrogens with one attached hydrogen (secondary N) is 1. The number of benzene rings is 1. The van der Waals surface area contributed by atoms with Gasteiger partial charge in [-0.3, -0.25) is 0 Å². The molecule has 0 saturated carbocycles. The second-order valence-corrected chi connectivity index (χ2v) is 9.11. The molecule has 1 aromatic heterocycles. The Balaban J connectivity index is 2.16. The summed E-state index contributed by atoms with van der Waals surface area (Å²) in [5.41, 5.74) is 0.891. The van der Waals surface area contributed by atoms with Crippen molar-refractivity contribution < 1.29 is 8.42 Å². The van der Waals surface area contributed by atoms with E-state index in [1.54, 1.807) is 18.2 Å². The summed E-state index contributed by atoms with van der Waals surface area (Å²) >= 11 is 8.22. The van der Waals surface area contributed by atoms with E-state index in [-0.39, 0.29) is 4.90 Å². The molecule has 1 heterocycles. The maximum Gasteiger partial charge on any atom is 0.240 e. The predicted molar refractivity (Wildman–Crippen MR) is 84.9 cm³/mol. The molecule has 0 unspecified atom stereocenters. The molecule has 0 radical (unpaired) electrons. The van der Waals surface area contributed by atoms with Gasteiger partial charge >= 0.3 is 0 Å². The fourth-order valence-corrected chi connectivity index (χ4v) is 4.33. The van der Waals surface area contributed by atoms with E-state index in [1.165, 1.54) is 11.3 Å². The molecule has 102 valence electrons. The average molecular weight is 425 g/mol. The van der Waals surface area contributed by atoms with Crippen LogP contribution in [0.5, 0.6) is 0 Å². The molecule has 1 N–H and O–H groups in total. The van der Waals surface area contributed by atoms with Gasteiger partial charge in [0.15, 0.2) is 0 Å². The summed E-state index contributed by atoms with van der Waals surface area (Å²) in [5.74, 6) is 0. The largest absolute Gasteiger partial charge is 0.240 e. The number of halogens is 2. The van der Waals surface area contributed by atoms with E-state index < -0.39 is 10.0 Å². The Morgan fingerprint density at radius 2 is 1.95 bits per heavy atom. The quantitative estimate of drug-likeness (QED) is 0.804. The molecule has 0 amide bonds. The predicted octanol–water partition coefficient (Wildman–Crippen LogP) is 4.06. The lowest BCUT2D eigenvalue weighted by molar-refractivity contribution is 0.581. The van der Waals surface area contributed by atoms with Crippen LogP contribution in [0.25, 0.3) is 0 Å². The maximum atomic E-state index is 12.1. The van der Waals surface area contributed by atoms with E-state index in [2.05, 4.69) is 36.6 Å². The van der Waals surface area contributed by atoms with Crippen molar-refractivity contribution in [3.63, 3.8) is 0 Å². The first-order valence-corrected chi connectivity index (χ1v) is 9.27. The van der Waals surface area contributed by atoms with Crippen LogP contribution >= 0.6 is 43.2 Å². The Morgan fingerprint density at radius 1 is 1.21 bits per heavy atom. The Labute approximate surface area is 133 Å². The van der Waals surface area contributed by atoms with Gasteiger partial charge in [-0.2, -0.15) is 0 Å². The standard InChI is InChI=1S/C12H11Br2NO2S2/c1-8-6-10(3-4-11(8)13)19(16,17)15-7-9-2-5-12(14)18-9/h2-6,15H,7H2,1H3. The van der Waals surface area contributed by atoms with Gasteiger partial charge in [0.2, 0.25) is 10.0 Å². The highest BCUT2D eigenvalue weighted by molar-refractivity contribution is 9.11. The zero-order valence-electron chi connectivity index (χ0n) is 9.98. The minimum atomic E-state index is -3.47. The van der Waals surface area contributed by atoms with Crippen LogP contribution in [-0.4, -0.2) is 8.42 Å². The van der Waals surface area contributed by atoms with Crippen molar-refractivity contribution in [2.75, 3.05) is 0 Å². The number of sulfonamides is 1. The Kier molecular flexibility index (Phi) is 4.84. The van der Waals surface area contributed by atoms with E-state index in [0.717, 1.165) is 18.7 Å². The number of rotatable bonds is 4. The molecule has 0 fully saturated rings. The lowest BCUT2D eigenvalue weighted by atomic mass is 10.2. The van der Waals surface area contributed by atoms with Crippen molar-refractivity contribution in [3.05, 3.63) is 49.0 Å². The zero-order valence-corrected chi connectivity index (χ0v) is 14.8. The van der Waals surface area contributed by atoms with Gasteiger partial charge in [-0.15, -0.1) is 11.3 Å². The van der Waals surface area contributed by atoms with Crippen LogP contribution in [0.2, 0.25) is 0 Å². The summed E-state index contributed by atoms with van der Waals surface area (Å²) in [6.45, 7) is 2.16. The molecule has 0 aliphatic carbocycles. The smallest absolute Gasteiger partial charge is 0.207 e. The van der Waals surface area contributed by atoms with Crippen molar-refractivity contribution in [2.24, 2.45) is 0 Å². The van der Waals surface area contributed by atoms with Crippen molar-refractivity contribution in [1.29, 1.82) is 0 Å². The second kappa shape index (κ2) is 6.05. The summed E-state index contributed by atoms with van der Waals surface area (Å²) in [7, 11) is -3.47. The topological polar surface area (TPSA) is 46.2 Å². The highest BCUT2D eigenvalue weighted by atomic mass is 79.9. The van der Waals surface area contributed by atoms with Gasteiger partial charge in [-0.1, -0.05) is 15.9 Å². The average Bonchev–Trinajstić information content (AvgIpc) is 2.76. The zero-order chi connectivity index (χ0) is 14.0. The third-order valence-corrected chi connectivity index (χ3v) is 6.42. The van der Waals surface area contributed by atoms with E-state index in [4.69, 9.17) is 0 Å². The van der Waals surface area contributed by atoms with Gasteiger partial charge in [0, 0.05) is 15.9 Å². The molecular weight excluding hydrogens is 414 g/mol. The van der Waals surface area contributed by atoms with Gasteiger partial charge in [0.1, 0.15) is 0 Å². The van der Waals surface area contributed by atoms with Gasteiger partial charge in [-0.05, 0) is 58.7 Å². The molecule has 0 aliphatic heterocycles. The van der Waals surface area contributed by atoms with Crippen LogP contribution < -0.4 is 4.72 Å². The summed E-state index contributed by atoms with van der Waals surface area (Å²) in [6.07, 6.45) is 0. The molecule has 0 atom stereocenters. The molecule has 0 bridgehead atoms. The molecular formula is C12H11Br2NO2S2. The molecule has 0 spiro atoms. The van der Waals surface area contributed by atoms with Crippen LogP contribution in [0, 0.1) is 6.92 Å². The van der Waals surface area contributed by atoms with E-state index in [9.17, 15) is 8.42 Å². The lowest BCUT2D eigenvalue weighted by Crippen LogP contribution is -2.22. The van der Waals surface area contributed by atoms with Crippen LogP contribution in [0.3, 0.4) is 0 Å². The van der Waals surface area contributed by atoms with Crippen LogP contribution in [0.1, 0.15) is 10.4 Å². The van der Waals surface area contributed by atoms with E-state index in [0.29, 0.717) is 6.54 Å². The van der Waals surface area contributed by atoms with Gasteiger partial charge in [-0.25, -0.2) is 13.1 Å². The molecule has 19 heavy (non-hydrogen) atoms. The van der Waals surface area contributed by atoms with Gasteiger partial charge < -0.3 is 0 Å². The third kappa shape index (κ3) is 3.88. The van der Waals surface area contributed by atoms with Crippen molar-refractivity contribution in [1.82, 2.24) is 4.72 Å². The van der Waals surface area contributed by atoms with Gasteiger partial charge in [0.25, 0.3) is 0 Å². The first-order chi connectivity index (χ1) is 8.88. The highest BCUT2D eigenvalue weighted by Gasteiger charge is 2.14. The minimum Gasteiger partial charge on any atom is -0.207 e. The molecule has 2 aromatic rings.